The van der Waals surface area contributed by atoms with Crippen molar-refractivity contribution in [3.63, 3.8) is 0 Å². The number of hydrogen-bond donors (Lipinski definition) is 1. The van der Waals surface area contributed by atoms with Gasteiger partial charge in [-0.05, 0) is 19.1 Å². The van der Waals surface area contributed by atoms with E-state index in [9.17, 15) is 4.79 Å². The van der Waals surface area contributed by atoms with Crippen molar-refractivity contribution in [1.82, 2.24) is 0 Å². The molecule has 0 atom stereocenters. The van der Waals surface area contributed by atoms with Crippen LogP contribution in [0, 0.1) is 0 Å². The zero-order valence-electron chi connectivity index (χ0n) is 12.7. The number of hydrogen-bond acceptors (Lipinski definition) is 6. The van der Waals surface area contributed by atoms with E-state index in [4.69, 9.17) is 24.1 Å². The number of para-hydroxylation sites is 1. The summed E-state index contributed by atoms with van der Waals surface area (Å²) >= 11 is 0. The van der Waals surface area contributed by atoms with Gasteiger partial charge in [0.1, 0.15) is 18.6 Å². The largest absolute Gasteiger partial charge is 0.464 e. The van der Waals surface area contributed by atoms with Gasteiger partial charge in [-0.1, -0.05) is 18.2 Å². The molecule has 0 radical (unpaired) electrons. The molecule has 0 saturated carbocycles. The van der Waals surface area contributed by atoms with E-state index in [1.54, 1.807) is 19.1 Å². The molecule has 0 aromatic heterocycles. The van der Waals surface area contributed by atoms with Gasteiger partial charge >= 0.3 is 5.97 Å². The SMILES string of the molecule is CC(=COc1ccccc1)C(=O)OCCOCCOCCO. The molecule has 1 aromatic rings. The summed E-state index contributed by atoms with van der Waals surface area (Å²) < 4.78 is 20.6. The van der Waals surface area contributed by atoms with Gasteiger partial charge in [0.15, 0.2) is 0 Å². The second kappa shape index (κ2) is 11.7. The summed E-state index contributed by atoms with van der Waals surface area (Å²) in [6.07, 6.45) is 1.36. The second-order valence-electron chi connectivity index (χ2n) is 4.32. The van der Waals surface area contributed by atoms with Gasteiger partial charge in [0, 0.05) is 0 Å². The third-order valence-electron chi connectivity index (χ3n) is 2.51. The Morgan fingerprint density at radius 1 is 1.05 bits per heavy atom. The highest BCUT2D eigenvalue weighted by atomic mass is 16.6. The van der Waals surface area contributed by atoms with Gasteiger partial charge in [-0.15, -0.1) is 0 Å². The Kier molecular flexibility index (Phi) is 9.69. The van der Waals surface area contributed by atoms with Crippen molar-refractivity contribution in [1.29, 1.82) is 0 Å². The zero-order chi connectivity index (χ0) is 16.0. The molecule has 1 rings (SSSR count). The van der Waals surface area contributed by atoms with Crippen molar-refractivity contribution in [2.45, 2.75) is 6.92 Å². The highest BCUT2D eigenvalue weighted by molar-refractivity contribution is 5.87. The standard InChI is InChI=1S/C16H22O6/c1-14(13-22-15-5-3-2-4-6-15)16(18)21-12-11-20-10-9-19-8-7-17/h2-6,13,17H,7-12H2,1H3. The van der Waals surface area contributed by atoms with Gasteiger partial charge < -0.3 is 24.1 Å². The van der Waals surface area contributed by atoms with Gasteiger partial charge in [0.2, 0.25) is 0 Å². The summed E-state index contributed by atoms with van der Waals surface area (Å²) in [5, 5.41) is 8.50. The first-order valence-electron chi connectivity index (χ1n) is 7.06. The van der Waals surface area contributed by atoms with Crippen LogP contribution < -0.4 is 4.74 Å². The number of aliphatic hydroxyl groups is 1. The lowest BCUT2D eigenvalue weighted by Gasteiger charge is -2.07. The Morgan fingerprint density at radius 3 is 2.36 bits per heavy atom. The van der Waals surface area contributed by atoms with Crippen LogP contribution in [0.25, 0.3) is 0 Å². The molecular formula is C16H22O6. The van der Waals surface area contributed by atoms with Crippen LogP contribution in [0.2, 0.25) is 0 Å². The summed E-state index contributed by atoms with van der Waals surface area (Å²) in [6, 6.07) is 9.16. The van der Waals surface area contributed by atoms with Crippen molar-refractivity contribution < 1.29 is 28.8 Å². The van der Waals surface area contributed by atoms with Crippen LogP contribution in [0.5, 0.6) is 5.75 Å². The van der Waals surface area contributed by atoms with E-state index in [2.05, 4.69) is 0 Å². The molecule has 0 spiro atoms. The zero-order valence-corrected chi connectivity index (χ0v) is 12.7. The Bertz CT molecular complexity index is 443. The van der Waals surface area contributed by atoms with Crippen LogP contribution in [0.4, 0.5) is 0 Å². The van der Waals surface area contributed by atoms with E-state index in [-0.39, 0.29) is 13.2 Å². The van der Waals surface area contributed by atoms with Gasteiger partial charge in [0.05, 0.1) is 38.6 Å². The van der Waals surface area contributed by atoms with E-state index < -0.39 is 5.97 Å². The molecule has 6 heteroatoms. The monoisotopic (exact) mass is 310 g/mol. The number of carbonyl (C=O) groups is 1. The molecule has 6 nitrogen and oxygen atoms in total. The number of rotatable bonds is 11. The highest BCUT2D eigenvalue weighted by Crippen LogP contribution is 2.09. The lowest BCUT2D eigenvalue weighted by molar-refractivity contribution is -0.140. The van der Waals surface area contributed by atoms with Crippen molar-refractivity contribution in [3.8, 4) is 5.75 Å². The summed E-state index contributed by atoms with van der Waals surface area (Å²) in [5.41, 5.74) is 0.370. The Balaban J connectivity index is 2.11. The highest BCUT2D eigenvalue weighted by Gasteiger charge is 2.06. The van der Waals surface area contributed by atoms with Crippen molar-refractivity contribution >= 4 is 5.97 Å². The first kappa shape index (κ1) is 18.2. The van der Waals surface area contributed by atoms with Crippen LogP contribution in [0.1, 0.15) is 6.92 Å². The Morgan fingerprint density at radius 2 is 1.68 bits per heavy atom. The van der Waals surface area contributed by atoms with Crippen LogP contribution >= 0.6 is 0 Å². The molecule has 0 unspecified atom stereocenters. The molecule has 0 fully saturated rings. The lowest BCUT2D eigenvalue weighted by atomic mass is 10.3. The number of aliphatic hydroxyl groups excluding tert-OH is 1. The first-order valence-corrected chi connectivity index (χ1v) is 7.06. The fourth-order valence-electron chi connectivity index (χ4n) is 1.40. The molecule has 22 heavy (non-hydrogen) atoms. The maximum Gasteiger partial charge on any atom is 0.336 e. The smallest absolute Gasteiger partial charge is 0.336 e. The number of esters is 1. The van der Waals surface area contributed by atoms with E-state index in [0.29, 0.717) is 37.8 Å². The number of ether oxygens (including phenoxy) is 4. The molecule has 0 aliphatic carbocycles. The number of carbonyl (C=O) groups excluding carboxylic acids is 1. The predicted molar refractivity (Wildman–Crippen MR) is 80.5 cm³/mol. The van der Waals surface area contributed by atoms with Crippen LogP contribution in [0.3, 0.4) is 0 Å². The molecule has 0 heterocycles. The molecule has 1 N–H and O–H groups in total. The minimum absolute atomic E-state index is 0.00568. The molecule has 0 bridgehead atoms. The molecular weight excluding hydrogens is 288 g/mol. The lowest BCUT2D eigenvalue weighted by Crippen LogP contribution is -2.14. The van der Waals surface area contributed by atoms with E-state index in [1.807, 2.05) is 18.2 Å². The van der Waals surface area contributed by atoms with Gasteiger partial charge in [-0.2, -0.15) is 0 Å². The fourth-order valence-corrected chi connectivity index (χ4v) is 1.40. The predicted octanol–water partition coefficient (Wildman–Crippen LogP) is 1.54. The minimum Gasteiger partial charge on any atom is -0.464 e. The summed E-state index contributed by atoms with van der Waals surface area (Å²) in [6.45, 7) is 3.16. The number of benzene rings is 1. The van der Waals surface area contributed by atoms with E-state index in [0.717, 1.165) is 0 Å². The normalized spacial score (nSPS) is 11.3. The van der Waals surface area contributed by atoms with E-state index >= 15 is 0 Å². The molecule has 0 aliphatic heterocycles. The molecule has 1 aromatic carbocycles. The summed E-state index contributed by atoms with van der Waals surface area (Å²) in [4.78, 5) is 11.7. The summed E-state index contributed by atoms with van der Waals surface area (Å²) in [5.74, 6) is 0.205. The molecule has 0 amide bonds. The van der Waals surface area contributed by atoms with Crippen molar-refractivity contribution in [2.24, 2.45) is 0 Å². The van der Waals surface area contributed by atoms with Gasteiger partial charge in [-0.25, -0.2) is 4.79 Å². The van der Waals surface area contributed by atoms with Gasteiger partial charge in [0.25, 0.3) is 0 Å². The quantitative estimate of drug-likeness (QED) is 0.289. The van der Waals surface area contributed by atoms with Crippen molar-refractivity contribution in [2.75, 3.05) is 39.6 Å². The maximum atomic E-state index is 11.7. The Labute approximate surface area is 130 Å². The van der Waals surface area contributed by atoms with Crippen LogP contribution in [-0.2, 0) is 19.0 Å². The average Bonchev–Trinajstić information content (AvgIpc) is 2.55. The van der Waals surface area contributed by atoms with Crippen LogP contribution in [0.15, 0.2) is 42.2 Å². The summed E-state index contributed by atoms with van der Waals surface area (Å²) in [7, 11) is 0. The second-order valence-corrected chi connectivity index (χ2v) is 4.32. The first-order chi connectivity index (χ1) is 10.7. The van der Waals surface area contributed by atoms with Crippen molar-refractivity contribution in [3.05, 3.63) is 42.2 Å². The third kappa shape index (κ3) is 8.41. The fraction of sp³-hybridized carbons (Fsp3) is 0.438. The maximum absolute atomic E-state index is 11.7. The minimum atomic E-state index is -0.448. The Hall–Kier alpha value is -1.89. The molecule has 122 valence electrons. The average molecular weight is 310 g/mol. The van der Waals surface area contributed by atoms with E-state index in [1.165, 1.54) is 6.26 Å². The molecule has 0 saturated heterocycles. The third-order valence-corrected chi connectivity index (χ3v) is 2.51. The topological polar surface area (TPSA) is 74.2 Å². The van der Waals surface area contributed by atoms with Crippen LogP contribution in [-0.4, -0.2) is 50.7 Å². The molecule has 0 aliphatic rings. The van der Waals surface area contributed by atoms with Gasteiger partial charge in [-0.3, -0.25) is 0 Å².